The number of carbonyl (C=O) groups excluding carboxylic acids is 1. The third-order valence-electron chi connectivity index (χ3n) is 4.57. The molecule has 0 atom stereocenters. The van der Waals surface area contributed by atoms with Crippen molar-refractivity contribution in [1.82, 2.24) is 0 Å². The van der Waals surface area contributed by atoms with E-state index in [1.165, 1.54) is 7.11 Å². The number of benzene rings is 2. The van der Waals surface area contributed by atoms with Gasteiger partial charge in [0.1, 0.15) is 5.75 Å². The summed E-state index contributed by atoms with van der Waals surface area (Å²) in [6.45, 7) is 2.68. The third-order valence-corrected chi connectivity index (χ3v) is 5.96. The average Bonchev–Trinajstić information content (AvgIpc) is 3.08. The number of anilines is 2. The minimum absolute atomic E-state index is 0.0137. The van der Waals surface area contributed by atoms with Gasteiger partial charge in [-0.2, -0.15) is 0 Å². The van der Waals surface area contributed by atoms with E-state index in [-0.39, 0.29) is 10.8 Å². The van der Waals surface area contributed by atoms with Crippen molar-refractivity contribution in [2.75, 3.05) is 23.3 Å². The van der Waals surface area contributed by atoms with Gasteiger partial charge in [0, 0.05) is 13.0 Å². The number of hydrogen-bond donors (Lipinski definition) is 1. The van der Waals surface area contributed by atoms with Crippen LogP contribution in [0.4, 0.5) is 11.4 Å². The average molecular weight is 388 g/mol. The van der Waals surface area contributed by atoms with Gasteiger partial charge in [0.2, 0.25) is 5.91 Å². The monoisotopic (exact) mass is 388 g/mol. The molecule has 0 unspecified atom stereocenters. The fourth-order valence-corrected chi connectivity index (χ4v) is 4.25. The quantitative estimate of drug-likeness (QED) is 0.787. The Morgan fingerprint density at radius 3 is 2.48 bits per heavy atom. The summed E-state index contributed by atoms with van der Waals surface area (Å²) in [5.74, 6) is 0.553. The summed E-state index contributed by atoms with van der Waals surface area (Å²) in [4.78, 5) is 13.9. The van der Waals surface area contributed by atoms with Crippen molar-refractivity contribution in [3.05, 3.63) is 48.0 Å². The fraction of sp³-hybridized carbons (Fsp3) is 0.350. The van der Waals surface area contributed by atoms with Crippen LogP contribution >= 0.6 is 0 Å². The van der Waals surface area contributed by atoms with Gasteiger partial charge in [0.05, 0.1) is 23.4 Å². The maximum absolute atomic E-state index is 12.7. The van der Waals surface area contributed by atoms with Crippen LogP contribution in [0.1, 0.15) is 31.7 Å². The van der Waals surface area contributed by atoms with Gasteiger partial charge in [-0.1, -0.05) is 25.5 Å². The van der Waals surface area contributed by atoms with Crippen LogP contribution < -0.4 is 14.4 Å². The zero-order chi connectivity index (χ0) is 19.4. The first-order chi connectivity index (χ1) is 12.9. The number of ether oxygens (including phenoxy) is 1. The van der Waals surface area contributed by atoms with Crippen LogP contribution in [-0.2, 0) is 21.2 Å². The molecule has 1 fully saturated rings. The van der Waals surface area contributed by atoms with Crippen LogP contribution in [0.2, 0.25) is 0 Å². The Balaban J connectivity index is 1.87. The number of nitrogens with zero attached hydrogens (tertiary/aromatic N) is 1. The van der Waals surface area contributed by atoms with Gasteiger partial charge < -0.3 is 9.64 Å². The first-order valence-corrected chi connectivity index (χ1v) is 10.5. The van der Waals surface area contributed by atoms with E-state index < -0.39 is 10.0 Å². The molecule has 144 valence electrons. The lowest BCUT2D eigenvalue weighted by Crippen LogP contribution is -2.24. The second-order valence-corrected chi connectivity index (χ2v) is 8.22. The van der Waals surface area contributed by atoms with Gasteiger partial charge in [-0.3, -0.25) is 9.52 Å². The van der Waals surface area contributed by atoms with E-state index in [0.717, 1.165) is 24.8 Å². The molecule has 3 rings (SSSR count). The lowest BCUT2D eigenvalue weighted by molar-refractivity contribution is -0.117. The maximum atomic E-state index is 12.7. The van der Waals surface area contributed by atoms with Crippen molar-refractivity contribution in [3.63, 3.8) is 0 Å². The van der Waals surface area contributed by atoms with Crippen molar-refractivity contribution in [2.24, 2.45) is 0 Å². The lowest BCUT2D eigenvalue weighted by atomic mass is 10.1. The second kappa shape index (κ2) is 8.00. The number of rotatable bonds is 7. The van der Waals surface area contributed by atoms with E-state index in [0.29, 0.717) is 30.1 Å². The van der Waals surface area contributed by atoms with E-state index in [1.807, 2.05) is 12.1 Å². The van der Waals surface area contributed by atoms with Crippen molar-refractivity contribution >= 4 is 27.3 Å². The number of carbonyl (C=O) groups is 1. The molecule has 2 aromatic carbocycles. The molecule has 1 aliphatic heterocycles. The summed E-state index contributed by atoms with van der Waals surface area (Å²) < 4.78 is 33.3. The minimum atomic E-state index is -3.71. The SMILES string of the molecule is CCCc1ccc(S(=O)(=O)Nc2ccc(OC)c(N3CCCC3=O)c2)cc1. The number of methoxy groups -OCH3 is 1. The van der Waals surface area contributed by atoms with E-state index in [9.17, 15) is 13.2 Å². The largest absolute Gasteiger partial charge is 0.495 e. The molecule has 6 nitrogen and oxygen atoms in total. The number of aryl methyl sites for hydroxylation is 1. The fourth-order valence-electron chi connectivity index (χ4n) is 3.21. The minimum Gasteiger partial charge on any atom is -0.495 e. The zero-order valence-electron chi connectivity index (χ0n) is 15.6. The van der Waals surface area contributed by atoms with Crippen molar-refractivity contribution in [1.29, 1.82) is 0 Å². The summed E-state index contributed by atoms with van der Waals surface area (Å²) in [6, 6.07) is 11.8. The normalized spacial score (nSPS) is 14.4. The van der Waals surface area contributed by atoms with E-state index in [4.69, 9.17) is 4.74 Å². The molecule has 7 heteroatoms. The molecule has 0 saturated carbocycles. The molecule has 0 radical (unpaired) electrons. The van der Waals surface area contributed by atoms with E-state index >= 15 is 0 Å². The lowest BCUT2D eigenvalue weighted by Gasteiger charge is -2.20. The molecular weight excluding hydrogens is 364 g/mol. The molecule has 1 aliphatic rings. The number of nitrogens with one attached hydrogen (secondary N) is 1. The highest BCUT2D eigenvalue weighted by atomic mass is 32.2. The highest BCUT2D eigenvalue weighted by Gasteiger charge is 2.25. The molecule has 1 saturated heterocycles. The molecule has 0 aromatic heterocycles. The summed E-state index contributed by atoms with van der Waals surface area (Å²) in [5.41, 5.74) is 2.08. The predicted octanol–water partition coefficient (Wildman–Crippen LogP) is 3.58. The number of amides is 1. The second-order valence-electron chi connectivity index (χ2n) is 6.54. The first kappa shape index (κ1) is 19.2. The van der Waals surface area contributed by atoms with E-state index in [1.54, 1.807) is 35.2 Å². The molecule has 27 heavy (non-hydrogen) atoms. The van der Waals surface area contributed by atoms with Crippen LogP contribution in [0.3, 0.4) is 0 Å². The Hall–Kier alpha value is -2.54. The summed E-state index contributed by atoms with van der Waals surface area (Å²) in [5, 5.41) is 0. The van der Waals surface area contributed by atoms with Crippen molar-refractivity contribution in [2.45, 2.75) is 37.5 Å². The summed E-state index contributed by atoms with van der Waals surface area (Å²) in [7, 11) is -2.18. The Kier molecular flexibility index (Phi) is 5.70. The predicted molar refractivity (Wildman–Crippen MR) is 106 cm³/mol. The van der Waals surface area contributed by atoms with Gasteiger partial charge >= 0.3 is 0 Å². The van der Waals surface area contributed by atoms with Gasteiger partial charge in [-0.05, 0) is 48.7 Å². The highest BCUT2D eigenvalue weighted by Crippen LogP contribution is 2.34. The number of hydrogen-bond acceptors (Lipinski definition) is 4. The van der Waals surface area contributed by atoms with Crippen LogP contribution in [0, 0.1) is 0 Å². The highest BCUT2D eigenvalue weighted by molar-refractivity contribution is 7.92. The Labute approximate surface area is 160 Å². The third kappa shape index (κ3) is 4.24. The summed E-state index contributed by atoms with van der Waals surface area (Å²) >= 11 is 0. The van der Waals surface area contributed by atoms with Gasteiger partial charge in [0.15, 0.2) is 0 Å². The van der Waals surface area contributed by atoms with Gasteiger partial charge in [-0.15, -0.1) is 0 Å². The first-order valence-electron chi connectivity index (χ1n) is 9.05. The topological polar surface area (TPSA) is 75.7 Å². The Morgan fingerprint density at radius 1 is 1.15 bits per heavy atom. The van der Waals surface area contributed by atoms with Crippen LogP contribution in [0.25, 0.3) is 0 Å². The standard InChI is InChI=1S/C20H24N2O4S/c1-3-5-15-7-10-17(11-8-15)27(24,25)21-16-9-12-19(26-2)18(14-16)22-13-4-6-20(22)23/h7-12,14,21H,3-6,13H2,1-2H3. The molecule has 2 aromatic rings. The Bertz CT molecular complexity index is 923. The summed E-state index contributed by atoms with van der Waals surface area (Å²) in [6.07, 6.45) is 3.19. The Morgan fingerprint density at radius 2 is 1.89 bits per heavy atom. The smallest absolute Gasteiger partial charge is 0.261 e. The molecule has 0 aliphatic carbocycles. The molecule has 1 N–H and O–H groups in total. The molecule has 0 bridgehead atoms. The maximum Gasteiger partial charge on any atom is 0.261 e. The van der Waals surface area contributed by atoms with E-state index in [2.05, 4.69) is 11.6 Å². The van der Waals surface area contributed by atoms with Gasteiger partial charge in [0.25, 0.3) is 10.0 Å². The van der Waals surface area contributed by atoms with Gasteiger partial charge in [-0.25, -0.2) is 8.42 Å². The van der Waals surface area contributed by atoms with Crippen molar-refractivity contribution < 1.29 is 17.9 Å². The molecule has 1 amide bonds. The van der Waals surface area contributed by atoms with Crippen LogP contribution in [0.5, 0.6) is 5.75 Å². The number of sulfonamides is 1. The molecule has 1 heterocycles. The molecular formula is C20H24N2O4S. The molecule has 0 spiro atoms. The zero-order valence-corrected chi connectivity index (χ0v) is 16.4. The van der Waals surface area contributed by atoms with Crippen molar-refractivity contribution in [3.8, 4) is 5.75 Å². The van der Waals surface area contributed by atoms with Crippen LogP contribution in [-0.4, -0.2) is 28.0 Å². The van der Waals surface area contributed by atoms with Crippen LogP contribution in [0.15, 0.2) is 47.4 Å².